The molecule has 7 heteroatoms. The first-order valence-corrected chi connectivity index (χ1v) is 8.07. The lowest BCUT2D eigenvalue weighted by molar-refractivity contribution is 0.101. The van der Waals surface area contributed by atoms with Crippen molar-refractivity contribution in [3.63, 3.8) is 0 Å². The van der Waals surface area contributed by atoms with E-state index in [2.05, 4.69) is 25.9 Å². The van der Waals surface area contributed by atoms with Gasteiger partial charge in [-0.3, -0.25) is 4.79 Å². The first kappa shape index (κ1) is 17.3. The highest BCUT2D eigenvalue weighted by molar-refractivity contribution is 5.94. The van der Waals surface area contributed by atoms with Gasteiger partial charge in [-0.05, 0) is 18.9 Å². The van der Waals surface area contributed by atoms with E-state index in [0.29, 0.717) is 29.6 Å². The van der Waals surface area contributed by atoms with Crippen molar-refractivity contribution in [2.45, 2.75) is 25.7 Å². The van der Waals surface area contributed by atoms with E-state index < -0.39 is 0 Å². The predicted molar refractivity (Wildman–Crippen MR) is 100 cm³/mol. The zero-order valence-electron chi connectivity index (χ0n) is 14.3. The van der Waals surface area contributed by atoms with Gasteiger partial charge in [0.15, 0.2) is 22.8 Å². The Balaban J connectivity index is 1.91. The third-order valence-electron chi connectivity index (χ3n) is 4.11. The second-order valence-corrected chi connectivity index (χ2v) is 5.99. The van der Waals surface area contributed by atoms with Crippen molar-refractivity contribution in [1.29, 1.82) is 0 Å². The topological polar surface area (TPSA) is 121 Å². The van der Waals surface area contributed by atoms with Crippen molar-refractivity contribution in [2.75, 3.05) is 11.5 Å². The Morgan fingerprint density at radius 3 is 2.58 bits per heavy atom. The molecule has 130 valence electrons. The number of hydrogen-bond acceptors (Lipinski definition) is 7. The maximum atomic E-state index is 11.4. The highest BCUT2D eigenvalue weighted by Gasteiger charge is 2.15. The maximum Gasteiger partial charge on any atom is 0.224 e. The molecule has 1 atom stereocenters. The fraction of sp³-hybridized carbons (Fsp3) is 0.211. The van der Waals surface area contributed by atoms with Crippen LogP contribution in [0.5, 0.6) is 0 Å². The van der Waals surface area contributed by atoms with E-state index in [9.17, 15) is 4.79 Å². The van der Waals surface area contributed by atoms with Crippen LogP contribution >= 0.6 is 0 Å². The van der Waals surface area contributed by atoms with Crippen LogP contribution in [0.1, 0.15) is 40.9 Å². The molecule has 0 saturated carbocycles. The Bertz CT molecular complexity index is 1010. The molecular weight excluding hydrogens is 328 g/mol. The third-order valence-corrected chi connectivity index (χ3v) is 4.11. The number of nitrogens with two attached hydrogens (primary N) is 2. The summed E-state index contributed by atoms with van der Waals surface area (Å²) in [4.78, 5) is 28.2. The molecular formula is C19H18N6O. The number of ketones is 1. The summed E-state index contributed by atoms with van der Waals surface area (Å²) in [7, 11) is 0. The molecule has 1 aromatic carbocycles. The standard InChI is InChI=1S/C19H18N6O/c1-3-4-14(13-7-5-12(6-8-13)11(2)26)9-15-10-22-18-16(23-15)17(20)24-19(21)25-18/h1,5-8,10,14H,4,9H2,2H3,(H4,20,21,22,24,25). The predicted octanol–water partition coefficient (Wildman–Crippen LogP) is 2.14. The Kier molecular flexibility index (Phi) is 4.76. The molecule has 3 rings (SSSR count). The van der Waals surface area contributed by atoms with Crippen LogP contribution in [0.3, 0.4) is 0 Å². The molecule has 0 aliphatic heterocycles. The number of aromatic nitrogens is 4. The van der Waals surface area contributed by atoms with E-state index in [1.54, 1.807) is 6.20 Å². The van der Waals surface area contributed by atoms with Gasteiger partial charge in [0, 0.05) is 17.9 Å². The van der Waals surface area contributed by atoms with E-state index in [4.69, 9.17) is 17.9 Å². The van der Waals surface area contributed by atoms with Crippen LogP contribution in [0.2, 0.25) is 0 Å². The van der Waals surface area contributed by atoms with Crippen molar-refractivity contribution < 1.29 is 4.79 Å². The second kappa shape index (κ2) is 7.15. The normalized spacial score (nSPS) is 11.8. The van der Waals surface area contributed by atoms with Crippen LogP contribution in [0.25, 0.3) is 11.2 Å². The molecule has 0 fully saturated rings. The molecule has 0 radical (unpaired) electrons. The molecule has 3 aromatic rings. The number of Topliss-reactive ketones (excluding diaryl/α,β-unsaturated/α-hetero) is 1. The number of carbonyl (C=O) groups is 1. The van der Waals surface area contributed by atoms with Crippen LogP contribution in [-0.2, 0) is 6.42 Å². The van der Waals surface area contributed by atoms with Gasteiger partial charge in [0.05, 0.1) is 11.9 Å². The smallest absolute Gasteiger partial charge is 0.224 e. The maximum absolute atomic E-state index is 11.4. The molecule has 1 unspecified atom stereocenters. The summed E-state index contributed by atoms with van der Waals surface area (Å²) in [5, 5.41) is 0. The number of benzene rings is 1. The molecule has 0 bridgehead atoms. The fourth-order valence-electron chi connectivity index (χ4n) is 2.77. The minimum atomic E-state index is 0.0280. The number of hydrogen-bond donors (Lipinski definition) is 2. The first-order valence-electron chi connectivity index (χ1n) is 8.07. The van der Waals surface area contributed by atoms with Gasteiger partial charge < -0.3 is 11.5 Å². The van der Waals surface area contributed by atoms with Crippen LogP contribution < -0.4 is 11.5 Å². The van der Waals surface area contributed by atoms with E-state index in [-0.39, 0.29) is 23.5 Å². The fourth-order valence-corrected chi connectivity index (χ4v) is 2.77. The summed E-state index contributed by atoms with van der Waals surface area (Å²) in [6.07, 6.45) is 8.29. The average molecular weight is 346 g/mol. The van der Waals surface area contributed by atoms with Crippen LogP contribution in [0, 0.1) is 12.3 Å². The summed E-state index contributed by atoms with van der Waals surface area (Å²) in [5.41, 5.74) is 14.7. The van der Waals surface area contributed by atoms with Gasteiger partial charge in [-0.2, -0.15) is 9.97 Å². The number of terminal acetylenes is 1. The van der Waals surface area contributed by atoms with Gasteiger partial charge in [0.25, 0.3) is 0 Å². The van der Waals surface area contributed by atoms with Gasteiger partial charge in [-0.25, -0.2) is 9.97 Å². The van der Waals surface area contributed by atoms with Crippen LogP contribution in [0.4, 0.5) is 11.8 Å². The zero-order valence-corrected chi connectivity index (χ0v) is 14.3. The lowest BCUT2D eigenvalue weighted by Crippen LogP contribution is -2.08. The first-order chi connectivity index (χ1) is 12.5. The Morgan fingerprint density at radius 1 is 1.19 bits per heavy atom. The van der Waals surface area contributed by atoms with Gasteiger partial charge in [-0.15, -0.1) is 12.3 Å². The number of rotatable bonds is 5. The minimum absolute atomic E-state index is 0.0280. The zero-order chi connectivity index (χ0) is 18.7. The summed E-state index contributed by atoms with van der Waals surface area (Å²) >= 11 is 0. The monoisotopic (exact) mass is 346 g/mol. The number of nitrogens with zero attached hydrogens (tertiary/aromatic N) is 4. The molecule has 26 heavy (non-hydrogen) atoms. The molecule has 4 N–H and O–H groups in total. The molecule has 2 heterocycles. The van der Waals surface area contributed by atoms with Gasteiger partial charge >= 0.3 is 0 Å². The van der Waals surface area contributed by atoms with Gasteiger partial charge in [0.2, 0.25) is 5.95 Å². The SMILES string of the molecule is C#CCC(Cc1cnc2nc(N)nc(N)c2n1)c1ccc(C(C)=O)cc1. The molecule has 0 saturated heterocycles. The molecule has 0 aliphatic rings. The Hall–Kier alpha value is -3.53. The highest BCUT2D eigenvalue weighted by atomic mass is 16.1. The molecule has 7 nitrogen and oxygen atoms in total. The van der Waals surface area contributed by atoms with Crippen molar-refractivity contribution >= 4 is 28.7 Å². The third kappa shape index (κ3) is 3.59. The van der Waals surface area contributed by atoms with Gasteiger partial charge in [-0.1, -0.05) is 24.3 Å². The highest BCUT2D eigenvalue weighted by Crippen LogP contribution is 2.25. The molecule has 0 spiro atoms. The lowest BCUT2D eigenvalue weighted by atomic mass is 9.90. The average Bonchev–Trinajstić information content (AvgIpc) is 2.62. The van der Waals surface area contributed by atoms with Crippen molar-refractivity contribution in [3.8, 4) is 12.3 Å². The largest absolute Gasteiger partial charge is 0.382 e. The van der Waals surface area contributed by atoms with Gasteiger partial charge in [0.1, 0.15) is 0 Å². The number of fused-ring (bicyclic) bond motifs is 1. The lowest BCUT2D eigenvalue weighted by Gasteiger charge is -2.15. The van der Waals surface area contributed by atoms with Crippen molar-refractivity contribution in [3.05, 3.63) is 47.3 Å². The molecule has 2 aromatic heterocycles. The molecule has 0 amide bonds. The summed E-state index contributed by atoms with van der Waals surface area (Å²) in [6, 6.07) is 7.46. The summed E-state index contributed by atoms with van der Waals surface area (Å²) in [5.74, 6) is 3.03. The van der Waals surface area contributed by atoms with Crippen LogP contribution in [0.15, 0.2) is 30.5 Å². The Labute approximate surface area is 150 Å². The quantitative estimate of drug-likeness (QED) is 0.536. The van der Waals surface area contributed by atoms with E-state index >= 15 is 0 Å². The molecule has 0 aliphatic carbocycles. The van der Waals surface area contributed by atoms with E-state index in [1.165, 1.54) is 6.92 Å². The van der Waals surface area contributed by atoms with Crippen molar-refractivity contribution in [2.24, 2.45) is 0 Å². The van der Waals surface area contributed by atoms with Crippen molar-refractivity contribution in [1.82, 2.24) is 19.9 Å². The van der Waals surface area contributed by atoms with Crippen LogP contribution in [-0.4, -0.2) is 25.7 Å². The second-order valence-electron chi connectivity index (χ2n) is 5.99. The number of anilines is 2. The summed E-state index contributed by atoms with van der Waals surface area (Å²) < 4.78 is 0. The minimum Gasteiger partial charge on any atom is -0.382 e. The number of carbonyl (C=O) groups excluding carboxylic acids is 1. The van der Waals surface area contributed by atoms with E-state index in [1.807, 2.05) is 24.3 Å². The summed E-state index contributed by atoms with van der Waals surface area (Å²) in [6.45, 7) is 1.54. The Morgan fingerprint density at radius 2 is 1.92 bits per heavy atom. The number of nitrogen functional groups attached to an aromatic ring is 2. The van der Waals surface area contributed by atoms with E-state index in [0.717, 1.165) is 11.3 Å².